The van der Waals surface area contributed by atoms with Gasteiger partial charge in [0, 0.05) is 29.7 Å². The van der Waals surface area contributed by atoms with Crippen LogP contribution < -0.4 is 4.74 Å². The van der Waals surface area contributed by atoms with Crippen LogP contribution in [-0.2, 0) is 10.4 Å². The van der Waals surface area contributed by atoms with Crippen molar-refractivity contribution in [1.29, 1.82) is 0 Å². The molecule has 0 saturated carbocycles. The molecule has 0 bridgehead atoms. The largest absolute Gasteiger partial charge is 0.481 e. The minimum absolute atomic E-state index is 0.0979. The van der Waals surface area contributed by atoms with Gasteiger partial charge in [-0.3, -0.25) is 0 Å². The first-order valence-corrected chi connectivity index (χ1v) is 11.9. The van der Waals surface area contributed by atoms with Crippen molar-refractivity contribution in [3.63, 3.8) is 0 Å². The summed E-state index contributed by atoms with van der Waals surface area (Å²) in [5, 5.41) is 14.5. The summed E-state index contributed by atoms with van der Waals surface area (Å²) in [6, 6.07) is 35.5. The number of nitrogens with zero attached hydrogens (tertiary/aromatic N) is 1. The molecule has 5 rings (SSSR count). The minimum Gasteiger partial charge on any atom is -0.481 e. The molecule has 1 aromatic heterocycles. The first-order chi connectivity index (χ1) is 17.7. The predicted octanol–water partition coefficient (Wildman–Crippen LogP) is 6.52. The molecule has 4 nitrogen and oxygen atoms in total. The Morgan fingerprint density at radius 2 is 1.53 bits per heavy atom. The number of aliphatic hydroxyl groups is 1. The molecule has 1 heterocycles. The lowest BCUT2D eigenvalue weighted by atomic mass is 9.71. The molecule has 4 aromatic carbocycles. The Morgan fingerprint density at radius 1 is 0.861 bits per heavy atom. The number of fused-ring (bicyclic) bond motifs is 1. The first kappa shape index (κ1) is 23.5. The van der Waals surface area contributed by atoms with Crippen LogP contribution in [-0.4, -0.2) is 23.5 Å². The molecular formula is C32H27NO3. The van der Waals surface area contributed by atoms with E-state index in [9.17, 15) is 9.90 Å². The smallest absolute Gasteiger partial charge is 0.217 e. The number of rotatable bonds is 8. The molecular weight excluding hydrogens is 446 g/mol. The van der Waals surface area contributed by atoms with Crippen LogP contribution in [0.5, 0.6) is 5.88 Å². The topological polar surface area (TPSA) is 59.4 Å². The van der Waals surface area contributed by atoms with E-state index in [4.69, 9.17) is 4.74 Å². The number of aldehydes is 1. The Bertz CT molecular complexity index is 1480. The number of aromatic nitrogens is 1. The molecule has 0 aliphatic heterocycles. The summed E-state index contributed by atoms with van der Waals surface area (Å²) in [6.45, 7) is 0. The van der Waals surface area contributed by atoms with Crippen molar-refractivity contribution in [3.8, 4) is 17.0 Å². The standard InChI is InChI=1S/C32H27NO3/c1-36-31-28(21-26(22-33-31)23-11-4-2-5-12-23)30(25-14-6-3-7-15-25)32(35,19-20-34)29-18-10-16-24-13-8-9-17-27(24)29/h2-18,20-22,30,35H,19H2,1H3. The Balaban J connectivity index is 1.81. The van der Waals surface area contributed by atoms with Crippen LogP contribution in [0.4, 0.5) is 0 Å². The highest BCUT2D eigenvalue weighted by Crippen LogP contribution is 2.48. The molecule has 0 saturated heterocycles. The van der Waals surface area contributed by atoms with E-state index < -0.39 is 11.5 Å². The maximum absolute atomic E-state index is 12.6. The van der Waals surface area contributed by atoms with Gasteiger partial charge in [0.1, 0.15) is 11.9 Å². The van der Waals surface area contributed by atoms with Crippen LogP contribution >= 0.6 is 0 Å². The fourth-order valence-corrected chi connectivity index (χ4v) is 5.11. The number of methoxy groups -OCH3 is 1. The number of hydrogen-bond acceptors (Lipinski definition) is 4. The van der Waals surface area contributed by atoms with Gasteiger partial charge in [-0.1, -0.05) is 103 Å². The molecule has 0 spiro atoms. The van der Waals surface area contributed by atoms with Crippen molar-refractivity contribution in [1.82, 2.24) is 4.98 Å². The Morgan fingerprint density at radius 3 is 2.25 bits per heavy atom. The van der Waals surface area contributed by atoms with Crippen LogP contribution in [0.2, 0.25) is 0 Å². The Labute approximate surface area is 210 Å². The number of ether oxygens (including phenoxy) is 1. The van der Waals surface area contributed by atoms with Gasteiger partial charge in [0.25, 0.3) is 0 Å². The van der Waals surface area contributed by atoms with E-state index in [1.54, 1.807) is 13.3 Å². The lowest BCUT2D eigenvalue weighted by molar-refractivity contribution is -0.113. The normalized spacial score (nSPS) is 13.6. The predicted molar refractivity (Wildman–Crippen MR) is 143 cm³/mol. The van der Waals surface area contributed by atoms with Gasteiger partial charge in [-0.15, -0.1) is 0 Å². The van der Waals surface area contributed by atoms with Crippen LogP contribution in [0.1, 0.15) is 29.0 Å². The third-order valence-electron chi connectivity index (χ3n) is 6.75. The van der Waals surface area contributed by atoms with Crippen LogP contribution in [0.3, 0.4) is 0 Å². The second-order valence-electron chi connectivity index (χ2n) is 8.85. The molecule has 2 unspecified atom stereocenters. The van der Waals surface area contributed by atoms with E-state index in [2.05, 4.69) is 4.98 Å². The van der Waals surface area contributed by atoms with Crippen LogP contribution in [0.15, 0.2) is 115 Å². The number of benzene rings is 4. The second kappa shape index (κ2) is 10.1. The summed E-state index contributed by atoms with van der Waals surface area (Å²) in [7, 11) is 1.58. The minimum atomic E-state index is -1.56. The molecule has 178 valence electrons. The van der Waals surface area contributed by atoms with E-state index in [0.29, 0.717) is 17.0 Å². The average molecular weight is 474 g/mol. The zero-order valence-electron chi connectivity index (χ0n) is 20.0. The lowest BCUT2D eigenvalue weighted by Gasteiger charge is -2.37. The highest BCUT2D eigenvalue weighted by Gasteiger charge is 2.43. The summed E-state index contributed by atoms with van der Waals surface area (Å²) in [5.41, 5.74) is 2.61. The first-order valence-electron chi connectivity index (χ1n) is 11.9. The maximum Gasteiger partial charge on any atom is 0.217 e. The van der Waals surface area contributed by atoms with Crippen molar-refractivity contribution in [3.05, 3.63) is 132 Å². The SMILES string of the molecule is COc1ncc(-c2ccccc2)cc1C(c1ccccc1)C(O)(CC=O)c1cccc2ccccc12. The van der Waals surface area contributed by atoms with E-state index in [-0.39, 0.29) is 6.42 Å². The van der Waals surface area contributed by atoms with Gasteiger partial charge in [-0.25, -0.2) is 4.98 Å². The van der Waals surface area contributed by atoms with Gasteiger partial charge in [-0.2, -0.15) is 0 Å². The fourth-order valence-electron chi connectivity index (χ4n) is 5.11. The highest BCUT2D eigenvalue weighted by molar-refractivity contribution is 5.87. The molecule has 0 fully saturated rings. The number of carbonyl (C=O) groups is 1. The quantitative estimate of drug-likeness (QED) is 0.261. The third-order valence-corrected chi connectivity index (χ3v) is 6.75. The van der Waals surface area contributed by atoms with Gasteiger partial charge >= 0.3 is 0 Å². The summed E-state index contributed by atoms with van der Waals surface area (Å²) < 4.78 is 5.72. The summed E-state index contributed by atoms with van der Waals surface area (Å²) in [4.78, 5) is 16.8. The molecule has 1 N–H and O–H groups in total. The monoisotopic (exact) mass is 473 g/mol. The molecule has 0 radical (unpaired) electrons. The molecule has 0 aliphatic rings. The lowest BCUT2D eigenvalue weighted by Crippen LogP contribution is -2.35. The van der Waals surface area contributed by atoms with Gasteiger partial charge in [-0.05, 0) is 33.5 Å². The summed E-state index contributed by atoms with van der Waals surface area (Å²) >= 11 is 0. The zero-order chi connectivity index (χ0) is 25.0. The van der Waals surface area contributed by atoms with Gasteiger partial charge in [0.15, 0.2) is 0 Å². The fraction of sp³-hybridized carbons (Fsp3) is 0.125. The average Bonchev–Trinajstić information content (AvgIpc) is 2.94. The van der Waals surface area contributed by atoms with Gasteiger partial charge in [0.05, 0.1) is 7.11 Å². The molecule has 0 amide bonds. The van der Waals surface area contributed by atoms with Crippen molar-refractivity contribution < 1.29 is 14.6 Å². The third kappa shape index (κ3) is 4.28. The molecule has 2 atom stereocenters. The summed E-state index contributed by atoms with van der Waals surface area (Å²) in [6.07, 6.45) is 2.47. The van der Waals surface area contributed by atoms with Crippen molar-refractivity contribution in [2.45, 2.75) is 17.9 Å². The molecule has 4 heteroatoms. The van der Waals surface area contributed by atoms with Crippen molar-refractivity contribution in [2.75, 3.05) is 7.11 Å². The van der Waals surface area contributed by atoms with E-state index in [0.717, 1.165) is 33.7 Å². The molecule has 36 heavy (non-hydrogen) atoms. The number of pyridine rings is 1. The summed E-state index contributed by atoms with van der Waals surface area (Å²) in [5.74, 6) is -0.214. The molecule has 5 aromatic rings. The van der Waals surface area contributed by atoms with E-state index >= 15 is 0 Å². The van der Waals surface area contributed by atoms with E-state index in [1.165, 1.54) is 0 Å². The van der Waals surface area contributed by atoms with Crippen LogP contribution in [0.25, 0.3) is 21.9 Å². The number of hydrogen-bond donors (Lipinski definition) is 1. The Kier molecular flexibility index (Phi) is 6.61. The number of carbonyl (C=O) groups excluding carboxylic acids is 1. The van der Waals surface area contributed by atoms with Crippen molar-refractivity contribution in [2.24, 2.45) is 0 Å². The Hall–Kier alpha value is -4.28. The van der Waals surface area contributed by atoms with E-state index in [1.807, 2.05) is 109 Å². The van der Waals surface area contributed by atoms with Gasteiger partial charge in [0.2, 0.25) is 5.88 Å². The van der Waals surface area contributed by atoms with Crippen LogP contribution in [0, 0.1) is 0 Å². The maximum atomic E-state index is 12.6. The highest BCUT2D eigenvalue weighted by atomic mass is 16.5. The zero-order valence-corrected chi connectivity index (χ0v) is 20.0. The second-order valence-corrected chi connectivity index (χ2v) is 8.85. The van der Waals surface area contributed by atoms with Crippen molar-refractivity contribution >= 4 is 17.1 Å². The molecule has 0 aliphatic carbocycles. The van der Waals surface area contributed by atoms with Gasteiger partial charge < -0.3 is 14.6 Å².